The largest absolute Gasteiger partial charge is 0.478 e. The molecule has 0 aromatic heterocycles. The normalized spacial score (nSPS) is 15.0. The molecule has 1 atom stereocenters. The molecule has 0 saturated carbocycles. The third-order valence-corrected chi connectivity index (χ3v) is 19.2. The molecular formula is C18H27O4PSSi2. The lowest BCUT2D eigenvalue weighted by atomic mass is 10.0. The van der Waals surface area contributed by atoms with Crippen LogP contribution in [0.1, 0.15) is 15.9 Å². The first-order valence-electron chi connectivity index (χ1n) is 8.54. The second-order valence-corrected chi connectivity index (χ2v) is 26.8. The fourth-order valence-electron chi connectivity index (χ4n) is 2.75. The lowest BCUT2D eigenvalue weighted by molar-refractivity contribution is 0.0699. The van der Waals surface area contributed by atoms with Crippen LogP contribution in [-0.2, 0) is 14.9 Å². The lowest BCUT2D eigenvalue weighted by Crippen LogP contribution is -2.25. The number of hydrogen-bond donors (Lipinski definition) is 1. The summed E-state index contributed by atoms with van der Waals surface area (Å²) in [6.45, 7) is 9.74. The van der Waals surface area contributed by atoms with Crippen molar-refractivity contribution in [3.63, 3.8) is 0 Å². The Morgan fingerprint density at radius 1 is 1.12 bits per heavy atom. The summed E-state index contributed by atoms with van der Waals surface area (Å²) < 4.78 is 19.8. The molecule has 142 valence electrons. The SMILES string of the molecule is C[Si](C)(C)OP(=O)(Cc1ccc2cccc(C(=O)O)c2c1)S[Si](C)(C)C. The standard InChI is InChI=1S/C18H27O4PSSi2/c1-25(2,3)22-23(21,24-26(4,5)6)13-14-10-11-15-8-7-9-16(18(19)20)17(15)12-14/h7-12H,13H2,1-6H3,(H,19,20). The minimum absolute atomic E-state index is 0.267. The minimum Gasteiger partial charge on any atom is -0.478 e. The first-order valence-corrected chi connectivity index (χ1v) is 19.4. The van der Waals surface area contributed by atoms with Crippen LogP contribution in [0.3, 0.4) is 0 Å². The molecule has 0 aliphatic rings. The third kappa shape index (κ3) is 6.10. The van der Waals surface area contributed by atoms with E-state index >= 15 is 0 Å². The van der Waals surface area contributed by atoms with Crippen molar-refractivity contribution in [1.82, 2.24) is 0 Å². The average Bonchev–Trinajstić information content (AvgIpc) is 2.41. The number of carboxylic acid groups (broad SMARTS) is 1. The molecule has 0 heterocycles. The van der Waals surface area contributed by atoms with E-state index in [1.807, 2.05) is 43.9 Å². The maximum Gasteiger partial charge on any atom is 0.336 e. The molecule has 8 heteroatoms. The number of fused-ring (bicyclic) bond motifs is 1. The molecule has 4 nitrogen and oxygen atoms in total. The maximum atomic E-state index is 13.7. The van der Waals surface area contributed by atoms with E-state index in [9.17, 15) is 14.5 Å². The zero-order valence-electron chi connectivity index (χ0n) is 16.2. The Hall–Kier alpha value is -0.856. The van der Waals surface area contributed by atoms with Gasteiger partial charge in [-0.3, -0.25) is 4.57 Å². The van der Waals surface area contributed by atoms with Gasteiger partial charge in [0, 0.05) is 0 Å². The van der Waals surface area contributed by atoms with Gasteiger partial charge in [-0.15, -0.1) is 0 Å². The van der Waals surface area contributed by atoms with Crippen molar-refractivity contribution >= 4 is 49.7 Å². The first kappa shape index (κ1) is 21.4. The molecule has 0 bridgehead atoms. The molecule has 0 radical (unpaired) electrons. The molecule has 1 N–H and O–H groups in total. The molecule has 2 aromatic rings. The zero-order valence-corrected chi connectivity index (χ0v) is 19.9. The van der Waals surface area contributed by atoms with E-state index in [0.29, 0.717) is 11.5 Å². The van der Waals surface area contributed by atoms with Crippen LogP contribution in [0.2, 0.25) is 39.3 Å². The number of benzene rings is 2. The van der Waals surface area contributed by atoms with Gasteiger partial charge in [-0.2, -0.15) is 0 Å². The number of carbonyl (C=O) groups is 1. The Kier molecular flexibility index (Phi) is 6.30. The smallest absolute Gasteiger partial charge is 0.336 e. The number of aromatic carboxylic acids is 1. The van der Waals surface area contributed by atoms with Crippen LogP contribution in [0.4, 0.5) is 0 Å². The highest BCUT2D eigenvalue weighted by Gasteiger charge is 2.36. The van der Waals surface area contributed by atoms with Crippen LogP contribution in [-0.4, -0.2) is 26.6 Å². The summed E-state index contributed by atoms with van der Waals surface area (Å²) in [6.07, 6.45) is 0.329. The Labute approximate surface area is 161 Å². The van der Waals surface area contributed by atoms with E-state index in [-0.39, 0.29) is 5.56 Å². The zero-order chi connectivity index (χ0) is 19.8. The number of hydrogen-bond acceptors (Lipinski definition) is 4. The van der Waals surface area contributed by atoms with Crippen LogP contribution in [0.25, 0.3) is 10.8 Å². The fraction of sp³-hybridized carbons (Fsp3) is 0.389. The Balaban J connectivity index is 2.46. The summed E-state index contributed by atoms with van der Waals surface area (Å²) in [7, 11) is -2.12. The Morgan fingerprint density at radius 3 is 2.31 bits per heavy atom. The summed E-state index contributed by atoms with van der Waals surface area (Å²) in [5.41, 5.74) is 1.13. The molecule has 2 aromatic carbocycles. The molecule has 0 amide bonds. The van der Waals surface area contributed by atoms with Crippen molar-refractivity contribution in [2.24, 2.45) is 0 Å². The van der Waals surface area contributed by atoms with Crippen LogP contribution in [0.15, 0.2) is 36.4 Å². The molecule has 1 unspecified atom stereocenters. The molecular weight excluding hydrogens is 399 g/mol. The van der Waals surface area contributed by atoms with Gasteiger partial charge in [-0.05, 0) is 48.1 Å². The maximum absolute atomic E-state index is 13.7. The van der Waals surface area contributed by atoms with E-state index in [4.69, 9.17) is 4.21 Å². The predicted molar refractivity (Wildman–Crippen MR) is 118 cm³/mol. The van der Waals surface area contributed by atoms with Crippen molar-refractivity contribution in [2.45, 2.75) is 45.4 Å². The molecule has 0 spiro atoms. The van der Waals surface area contributed by atoms with E-state index in [1.165, 1.54) is 10.8 Å². The van der Waals surface area contributed by atoms with Crippen molar-refractivity contribution in [1.29, 1.82) is 0 Å². The fourth-order valence-corrected chi connectivity index (χ4v) is 22.6. The molecule has 0 fully saturated rings. The van der Waals surface area contributed by atoms with Crippen LogP contribution in [0.5, 0.6) is 0 Å². The monoisotopic (exact) mass is 426 g/mol. The molecule has 0 aliphatic carbocycles. The first-order chi connectivity index (χ1) is 11.8. The third-order valence-electron chi connectivity index (χ3n) is 3.38. The summed E-state index contributed by atoms with van der Waals surface area (Å²) in [4.78, 5) is 11.5. The van der Waals surface area contributed by atoms with Gasteiger partial charge >= 0.3 is 5.97 Å². The second-order valence-electron chi connectivity index (χ2n) is 8.34. The van der Waals surface area contributed by atoms with Crippen LogP contribution in [0, 0.1) is 0 Å². The minimum atomic E-state index is -2.91. The quantitative estimate of drug-likeness (QED) is 0.396. The van der Waals surface area contributed by atoms with E-state index in [2.05, 4.69) is 19.6 Å². The highest BCUT2D eigenvalue weighted by atomic mass is 32.9. The van der Waals surface area contributed by atoms with E-state index in [0.717, 1.165) is 10.9 Å². The summed E-state index contributed by atoms with van der Waals surface area (Å²) in [5.74, 6) is -0.953. The van der Waals surface area contributed by atoms with Gasteiger partial charge in [0.25, 0.3) is 0 Å². The number of carboxylic acids is 1. The summed E-state index contributed by atoms with van der Waals surface area (Å²) >= 11 is 0. The van der Waals surface area contributed by atoms with E-state index < -0.39 is 28.1 Å². The van der Waals surface area contributed by atoms with Gasteiger partial charge in [-0.1, -0.05) is 54.7 Å². The molecule has 26 heavy (non-hydrogen) atoms. The second kappa shape index (κ2) is 7.64. The van der Waals surface area contributed by atoms with Gasteiger partial charge in [0.05, 0.1) is 11.7 Å². The highest BCUT2D eigenvalue weighted by Crippen LogP contribution is 2.66. The van der Waals surface area contributed by atoms with Gasteiger partial charge in [0.2, 0.25) is 6.57 Å². The van der Waals surface area contributed by atoms with Gasteiger partial charge < -0.3 is 9.32 Å². The number of rotatable bonds is 7. The topological polar surface area (TPSA) is 63.6 Å². The predicted octanol–water partition coefficient (Wildman–Crippen LogP) is 6.65. The summed E-state index contributed by atoms with van der Waals surface area (Å²) in [5, 5.41) is 11.0. The molecule has 0 aliphatic heterocycles. The Bertz CT molecular complexity index is 852. The molecule has 2 rings (SSSR count). The average molecular weight is 427 g/mol. The lowest BCUT2D eigenvalue weighted by Gasteiger charge is -2.30. The molecule has 0 saturated heterocycles. The van der Waals surface area contributed by atoms with Gasteiger partial charge in [0.15, 0.2) is 8.32 Å². The van der Waals surface area contributed by atoms with Crippen LogP contribution < -0.4 is 0 Å². The van der Waals surface area contributed by atoms with Crippen molar-refractivity contribution in [2.75, 3.05) is 0 Å². The van der Waals surface area contributed by atoms with Crippen molar-refractivity contribution in [3.8, 4) is 0 Å². The van der Waals surface area contributed by atoms with Gasteiger partial charge in [-0.25, -0.2) is 4.79 Å². The van der Waals surface area contributed by atoms with Crippen molar-refractivity contribution in [3.05, 3.63) is 47.5 Å². The highest BCUT2D eigenvalue weighted by molar-refractivity contribution is 8.71. The van der Waals surface area contributed by atoms with Crippen molar-refractivity contribution < 1.29 is 18.7 Å². The van der Waals surface area contributed by atoms with E-state index in [1.54, 1.807) is 12.1 Å². The Morgan fingerprint density at radius 2 is 1.77 bits per heavy atom. The van der Waals surface area contributed by atoms with Crippen LogP contribution >= 0.6 is 17.4 Å². The van der Waals surface area contributed by atoms with Gasteiger partial charge in [0.1, 0.15) is 7.22 Å². The summed E-state index contributed by atoms with van der Waals surface area (Å²) in [6, 6.07) is 10.9.